The molecule has 12 heteroatoms. The SMILES string of the molecule is C=C/C=C\c1c(C)n(-c2cccc(-c3nc(-c4ccc5oc6ccccc6c5c4)nc(-c4ccc5oc6ccccc6c5c4)n3)c2)c2c1ccc1c3ccccc3n(-c3nc(-c4ccc5oc6ccccc6c5c4)nc(-c4ccc5oc6ccccc6c5c4)n3)c12. The summed E-state index contributed by atoms with van der Waals surface area (Å²) in [6.07, 6.45) is 5.95. The summed E-state index contributed by atoms with van der Waals surface area (Å²) >= 11 is 0. The van der Waals surface area contributed by atoms with E-state index < -0.39 is 0 Å². The van der Waals surface area contributed by atoms with Gasteiger partial charge in [0.25, 0.3) is 0 Å². The molecule has 8 heterocycles. The third-order valence-corrected chi connectivity index (χ3v) is 17.8. The van der Waals surface area contributed by atoms with Crippen LogP contribution >= 0.6 is 0 Å². The number of allylic oxidation sites excluding steroid dienone is 2. The average Bonchev–Trinajstić information content (AvgIpc) is 1.59. The largest absolute Gasteiger partial charge is 0.456 e. The van der Waals surface area contributed by atoms with Crippen LogP contribution in [0.2, 0.25) is 0 Å². The molecule has 426 valence electrons. The molecule has 0 saturated carbocycles. The van der Waals surface area contributed by atoms with Crippen molar-refractivity contribution in [3.8, 4) is 68.6 Å². The average molecular weight is 1170 g/mol. The van der Waals surface area contributed by atoms with Crippen molar-refractivity contribution < 1.29 is 17.7 Å². The Hall–Kier alpha value is -12.5. The van der Waals surface area contributed by atoms with Gasteiger partial charge in [-0.15, -0.1) is 0 Å². The first-order valence-corrected chi connectivity index (χ1v) is 30.1. The van der Waals surface area contributed by atoms with Crippen LogP contribution in [0.1, 0.15) is 11.3 Å². The summed E-state index contributed by atoms with van der Waals surface area (Å²) in [5, 5.41) is 11.0. The maximum atomic E-state index is 6.34. The van der Waals surface area contributed by atoms with Gasteiger partial charge in [0, 0.05) is 104 Å². The van der Waals surface area contributed by atoms with Crippen LogP contribution in [0, 0.1) is 6.92 Å². The fraction of sp³-hybridized carbons (Fsp3) is 0.0127. The van der Waals surface area contributed by atoms with Crippen LogP contribution < -0.4 is 0 Å². The molecule has 0 aliphatic carbocycles. The first-order chi connectivity index (χ1) is 44.9. The van der Waals surface area contributed by atoms with Gasteiger partial charge in [0.1, 0.15) is 44.7 Å². The molecule has 19 aromatic rings. The lowest BCUT2D eigenvalue weighted by Crippen LogP contribution is -2.07. The number of nitrogens with zero attached hydrogens (tertiary/aromatic N) is 8. The van der Waals surface area contributed by atoms with Crippen molar-refractivity contribution in [2.75, 3.05) is 0 Å². The molecule has 91 heavy (non-hydrogen) atoms. The van der Waals surface area contributed by atoms with Crippen LogP contribution in [0.25, 0.3) is 195 Å². The second kappa shape index (κ2) is 19.5. The van der Waals surface area contributed by atoms with Gasteiger partial charge in [0.2, 0.25) is 5.95 Å². The van der Waals surface area contributed by atoms with Gasteiger partial charge in [-0.3, -0.25) is 4.57 Å². The van der Waals surface area contributed by atoms with E-state index in [9.17, 15) is 0 Å². The molecule has 0 unspecified atom stereocenters. The van der Waals surface area contributed by atoms with Gasteiger partial charge in [-0.1, -0.05) is 140 Å². The fourth-order valence-electron chi connectivity index (χ4n) is 13.6. The molecule has 0 aliphatic heterocycles. The number of hydrogen-bond donors (Lipinski definition) is 0. The third kappa shape index (κ3) is 7.82. The first kappa shape index (κ1) is 50.6. The lowest BCUT2D eigenvalue weighted by atomic mass is 10.1. The van der Waals surface area contributed by atoms with Crippen LogP contribution in [-0.4, -0.2) is 39.0 Å². The molecule has 0 spiro atoms. The maximum absolute atomic E-state index is 6.34. The Labute approximate surface area is 516 Å². The number of fused-ring (bicyclic) bond motifs is 17. The zero-order chi connectivity index (χ0) is 60.0. The molecule has 12 nitrogen and oxygen atoms in total. The number of hydrogen-bond acceptors (Lipinski definition) is 10. The zero-order valence-corrected chi connectivity index (χ0v) is 48.6. The van der Waals surface area contributed by atoms with E-state index in [1.807, 2.05) is 133 Å². The number of rotatable bonds is 9. The van der Waals surface area contributed by atoms with Crippen LogP contribution in [0.4, 0.5) is 0 Å². The van der Waals surface area contributed by atoms with Crippen molar-refractivity contribution in [3.05, 3.63) is 261 Å². The summed E-state index contributed by atoms with van der Waals surface area (Å²) < 4.78 is 29.8. The molecular formula is C79H46N8O4. The van der Waals surface area contributed by atoms with E-state index in [0.717, 1.165) is 165 Å². The molecule has 0 aliphatic rings. The Morgan fingerprint density at radius 1 is 0.319 bits per heavy atom. The summed E-state index contributed by atoms with van der Waals surface area (Å²) in [6, 6.07) is 78.4. The third-order valence-electron chi connectivity index (χ3n) is 17.8. The van der Waals surface area contributed by atoms with E-state index in [4.69, 9.17) is 47.6 Å². The van der Waals surface area contributed by atoms with Crippen molar-refractivity contribution in [1.29, 1.82) is 0 Å². The molecule has 0 amide bonds. The molecule has 11 aromatic carbocycles. The zero-order valence-electron chi connectivity index (χ0n) is 48.6. The normalized spacial score (nSPS) is 12.2. The summed E-state index contributed by atoms with van der Waals surface area (Å²) in [6.45, 7) is 6.27. The van der Waals surface area contributed by atoms with Gasteiger partial charge in [0.15, 0.2) is 29.1 Å². The summed E-state index contributed by atoms with van der Waals surface area (Å²) in [5.74, 6) is 3.00. The number of aromatic nitrogens is 8. The Balaban J connectivity index is 0.846. The Morgan fingerprint density at radius 2 is 0.692 bits per heavy atom. The molecule has 19 rings (SSSR count). The predicted octanol–water partition coefficient (Wildman–Crippen LogP) is 20.5. The van der Waals surface area contributed by atoms with Gasteiger partial charge >= 0.3 is 0 Å². The predicted molar refractivity (Wildman–Crippen MR) is 365 cm³/mol. The van der Waals surface area contributed by atoms with Crippen LogP contribution in [-0.2, 0) is 0 Å². The molecule has 0 atom stereocenters. The number of para-hydroxylation sites is 5. The highest BCUT2D eigenvalue weighted by Crippen LogP contribution is 2.43. The smallest absolute Gasteiger partial charge is 0.238 e. The van der Waals surface area contributed by atoms with E-state index in [1.165, 1.54) is 0 Å². The summed E-state index contributed by atoms with van der Waals surface area (Å²) in [5.41, 5.74) is 16.2. The van der Waals surface area contributed by atoms with Crippen molar-refractivity contribution in [2.45, 2.75) is 6.92 Å². The molecule has 8 aromatic heterocycles. The lowest BCUT2D eigenvalue weighted by molar-refractivity contribution is 0.668. The van der Waals surface area contributed by atoms with Crippen molar-refractivity contribution >= 4 is 127 Å². The fourth-order valence-corrected chi connectivity index (χ4v) is 13.6. The molecule has 0 bridgehead atoms. The highest BCUT2D eigenvalue weighted by Gasteiger charge is 2.26. The van der Waals surface area contributed by atoms with E-state index in [-0.39, 0.29) is 0 Å². The second-order valence-electron chi connectivity index (χ2n) is 23.0. The van der Waals surface area contributed by atoms with Gasteiger partial charge < -0.3 is 22.2 Å². The Bertz CT molecular complexity index is 6080. The van der Waals surface area contributed by atoms with Crippen LogP contribution in [0.5, 0.6) is 0 Å². The Kier molecular flexibility index (Phi) is 10.8. The monoisotopic (exact) mass is 1170 g/mol. The van der Waals surface area contributed by atoms with E-state index in [0.29, 0.717) is 35.1 Å². The Morgan fingerprint density at radius 3 is 1.14 bits per heavy atom. The van der Waals surface area contributed by atoms with E-state index in [1.54, 1.807) is 0 Å². The molecule has 0 radical (unpaired) electrons. The quantitative estimate of drug-likeness (QED) is 0.128. The first-order valence-electron chi connectivity index (χ1n) is 30.1. The minimum Gasteiger partial charge on any atom is -0.456 e. The van der Waals surface area contributed by atoms with Gasteiger partial charge in [-0.2, -0.15) is 9.97 Å². The molecule has 0 N–H and O–H groups in total. The van der Waals surface area contributed by atoms with Crippen molar-refractivity contribution in [3.63, 3.8) is 0 Å². The van der Waals surface area contributed by atoms with Crippen molar-refractivity contribution in [2.24, 2.45) is 0 Å². The topological polar surface area (TPSA) is 140 Å². The molecular weight excluding hydrogens is 1120 g/mol. The number of furan rings is 4. The standard InChI is InChI=1S/C79H46N8O4/c1-3-4-18-51-44(2)86(50-17-15-16-45(39-50)74-80-75(46-29-35-68-59(40-46)53-20-6-11-25-64(53)88-68)82-76(81-74)47-30-36-69-60(41-47)54-21-7-12-26-65(54)89-69)72-57(51)33-34-58-52-19-5-10-24-63(52)87(73(58)72)79-84-77(48-31-37-70-61(42-48)55-22-8-13-27-66(55)90-70)83-78(85-79)49-32-38-71-62(43-49)56-23-9-14-28-67(56)91-71/h3-43H,1H2,2H3/b18-4-. The van der Waals surface area contributed by atoms with Gasteiger partial charge in [0.05, 0.1) is 16.6 Å². The van der Waals surface area contributed by atoms with E-state index in [2.05, 4.69) is 138 Å². The molecule has 0 fully saturated rings. The highest BCUT2D eigenvalue weighted by molar-refractivity contribution is 6.20. The van der Waals surface area contributed by atoms with Crippen LogP contribution in [0.15, 0.2) is 267 Å². The van der Waals surface area contributed by atoms with Gasteiger partial charge in [-0.25, -0.2) is 19.9 Å². The van der Waals surface area contributed by atoms with Gasteiger partial charge in [-0.05, 0) is 122 Å². The highest BCUT2D eigenvalue weighted by atomic mass is 16.3. The summed E-state index contributed by atoms with van der Waals surface area (Å²) in [7, 11) is 0. The number of benzene rings is 11. The lowest BCUT2D eigenvalue weighted by Gasteiger charge is -2.14. The van der Waals surface area contributed by atoms with Crippen molar-refractivity contribution in [1.82, 2.24) is 39.0 Å². The minimum absolute atomic E-state index is 0.448. The molecule has 0 saturated heterocycles. The maximum Gasteiger partial charge on any atom is 0.238 e. The van der Waals surface area contributed by atoms with Crippen LogP contribution in [0.3, 0.4) is 0 Å². The summed E-state index contributed by atoms with van der Waals surface area (Å²) in [4.78, 5) is 32.4. The minimum atomic E-state index is 0.448. The van der Waals surface area contributed by atoms with E-state index >= 15 is 0 Å². The second-order valence-corrected chi connectivity index (χ2v) is 23.0.